The van der Waals surface area contributed by atoms with Gasteiger partial charge in [0.05, 0.1) is 5.69 Å². The Balaban J connectivity index is 1.94. The zero-order valence-electron chi connectivity index (χ0n) is 10.8. The molecule has 2 heterocycles. The first-order valence-electron chi connectivity index (χ1n) is 6.14. The summed E-state index contributed by atoms with van der Waals surface area (Å²) in [5, 5.41) is 3.06. The molecule has 0 bridgehead atoms. The van der Waals surface area contributed by atoms with E-state index in [4.69, 9.17) is 5.73 Å². The lowest BCUT2D eigenvalue weighted by Crippen LogP contribution is -2.36. The van der Waals surface area contributed by atoms with E-state index in [1.165, 1.54) is 0 Å². The van der Waals surface area contributed by atoms with Gasteiger partial charge < -0.3 is 15.5 Å². The number of pyridine rings is 1. The molecule has 18 heavy (non-hydrogen) atoms. The molecule has 3 N–H and O–H groups in total. The number of guanidine groups is 1. The van der Waals surface area contributed by atoms with Crippen molar-refractivity contribution in [1.29, 1.82) is 0 Å². The molecular weight excluding hydrogens is 226 g/mol. The molecule has 0 fully saturated rings. The number of nitrogens with two attached hydrogens (primary N) is 1. The zero-order valence-corrected chi connectivity index (χ0v) is 10.8. The number of rotatable bonds is 4. The molecule has 2 aromatic heterocycles. The highest BCUT2D eigenvalue weighted by Crippen LogP contribution is 2.04. The molecule has 0 saturated carbocycles. The molecule has 2 aromatic rings. The minimum absolute atomic E-state index is 0.309. The predicted octanol–water partition coefficient (Wildman–Crippen LogP) is 1.19. The average Bonchev–Trinajstić information content (AvgIpc) is 2.70. The largest absolute Gasteiger partial charge is 0.370 e. The number of nitrogens with zero attached hydrogens (tertiary/aromatic N) is 3. The van der Waals surface area contributed by atoms with E-state index in [1.807, 2.05) is 48.8 Å². The second-order valence-electron chi connectivity index (χ2n) is 4.51. The summed E-state index contributed by atoms with van der Waals surface area (Å²) in [4.78, 5) is 8.77. The first kappa shape index (κ1) is 12.4. The van der Waals surface area contributed by atoms with Crippen LogP contribution < -0.4 is 11.1 Å². The van der Waals surface area contributed by atoms with Gasteiger partial charge in [-0.25, -0.2) is 4.98 Å². The van der Waals surface area contributed by atoms with Crippen LogP contribution in [0.25, 0.3) is 5.65 Å². The maximum absolute atomic E-state index is 5.73. The Labute approximate surface area is 107 Å². The third-order valence-electron chi connectivity index (χ3n) is 2.50. The molecule has 0 aliphatic carbocycles. The topological polar surface area (TPSA) is 67.7 Å². The number of hydrogen-bond acceptors (Lipinski definition) is 2. The van der Waals surface area contributed by atoms with E-state index in [0.29, 0.717) is 18.5 Å². The van der Waals surface area contributed by atoms with Gasteiger partial charge in [-0.3, -0.25) is 4.99 Å². The maximum Gasteiger partial charge on any atom is 0.188 e. The molecule has 96 valence electrons. The van der Waals surface area contributed by atoms with Crippen molar-refractivity contribution in [1.82, 2.24) is 14.7 Å². The molecule has 0 radical (unpaired) electrons. The van der Waals surface area contributed by atoms with Crippen LogP contribution in [0.2, 0.25) is 0 Å². The van der Waals surface area contributed by atoms with Crippen molar-refractivity contribution in [2.75, 3.05) is 6.54 Å². The third kappa shape index (κ3) is 3.23. The van der Waals surface area contributed by atoms with Gasteiger partial charge in [0.25, 0.3) is 0 Å². The van der Waals surface area contributed by atoms with Crippen LogP contribution in [-0.2, 0) is 6.42 Å². The minimum Gasteiger partial charge on any atom is -0.370 e. The van der Waals surface area contributed by atoms with Gasteiger partial charge >= 0.3 is 0 Å². The molecule has 0 aromatic carbocycles. The highest BCUT2D eigenvalue weighted by Gasteiger charge is 2.00. The predicted molar refractivity (Wildman–Crippen MR) is 73.7 cm³/mol. The summed E-state index contributed by atoms with van der Waals surface area (Å²) >= 11 is 0. The van der Waals surface area contributed by atoms with E-state index in [2.05, 4.69) is 15.3 Å². The first-order chi connectivity index (χ1) is 8.65. The van der Waals surface area contributed by atoms with Gasteiger partial charge in [-0.2, -0.15) is 0 Å². The average molecular weight is 245 g/mol. The molecule has 0 amide bonds. The summed E-state index contributed by atoms with van der Waals surface area (Å²) in [6.07, 6.45) is 4.81. The van der Waals surface area contributed by atoms with Crippen molar-refractivity contribution in [3.63, 3.8) is 0 Å². The molecule has 0 aliphatic heterocycles. The Morgan fingerprint density at radius 2 is 2.33 bits per heavy atom. The normalized spacial score (nSPS) is 12.3. The summed E-state index contributed by atoms with van der Waals surface area (Å²) in [7, 11) is 0. The molecule has 0 atom stereocenters. The van der Waals surface area contributed by atoms with Crippen LogP contribution >= 0.6 is 0 Å². The van der Waals surface area contributed by atoms with Gasteiger partial charge in [-0.1, -0.05) is 6.07 Å². The number of aromatic nitrogens is 2. The van der Waals surface area contributed by atoms with E-state index in [1.54, 1.807) is 0 Å². The van der Waals surface area contributed by atoms with Gasteiger partial charge in [0, 0.05) is 31.4 Å². The number of nitrogens with one attached hydrogen (secondary N) is 1. The second kappa shape index (κ2) is 5.53. The highest BCUT2D eigenvalue weighted by atomic mass is 15.1. The Kier molecular flexibility index (Phi) is 3.82. The Morgan fingerprint density at radius 3 is 3.06 bits per heavy atom. The van der Waals surface area contributed by atoms with E-state index in [0.717, 1.165) is 17.8 Å². The Hall–Kier alpha value is -2.04. The Morgan fingerprint density at radius 1 is 1.50 bits per heavy atom. The quantitative estimate of drug-likeness (QED) is 0.628. The van der Waals surface area contributed by atoms with Gasteiger partial charge in [-0.05, 0) is 26.0 Å². The smallest absolute Gasteiger partial charge is 0.188 e. The second-order valence-corrected chi connectivity index (χ2v) is 4.51. The van der Waals surface area contributed by atoms with Gasteiger partial charge in [-0.15, -0.1) is 0 Å². The minimum atomic E-state index is 0.309. The molecule has 0 spiro atoms. The van der Waals surface area contributed by atoms with Crippen LogP contribution in [0.1, 0.15) is 19.5 Å². The standard InChI is InChI=1S/C13H19N5/c1-10(2)16-13(14)15-7-6-11-9-18-8-4-3-5-12(18)17-11/h3-5,8-10H,6-7H2,1-2H3,(H3,14,15,16). The maximum atomic E-state index is 5.73. The van der Waals surface area contributed by atoms with Crippen LogP contribution in [0.3, 0.4) is 0 Å². The number of fused-ring (bicyclic) bond motifs is 1. The van der Waals surface area contributed by atoms with E-state index < -0.39 is 0 Å². The summed E-state index contributed by atoms with van der Waals surface area (Å²) < 4.78 is 2.01. The van der Waals surface area contributed by atoms with Crippen molar-refractivity contribution in [2.24, 2.45) is 10.7 Å². The van der Waals surface area contributed by atoms with Crippen LogP contribution in [0.15, 0.2) is 35.6 Å². The van der Waals surface area contributed by atoms with E-state index in [9.17, 15) is 0 Å². The van der Waals surface area contributed by atoms with Crippen molar-refractivity contribution >= 4 is 11.6 Å². The van der Waals surface area contributed by atoms with Crippen molar-refractivity contribution < 1.29 is 0 Å². The first-order valence-corrected chi connectivity index (χ1v) is 6.14. The summed E-state index contributed by atoms with van der Waals surface area (Å²) in [6.45, 7) is 4.71. The fraction of sp³-hybridized carbons (Fsp3) is 0.385. The fourth-order valence-electron chi connectivity index (χ4n) is 1.74. The van der Waals surface area contributed by atoms with Gasteiger partial charge in [0.15, 0.2) is 5.96 Å². The Bertz CT molecular complexity index is 508. The highest BCUT2D eigenvalue weighted by molar-refractivity contribution is 5.78. The fourth-order valence-corrected chi connectivity index (χ4v) is 1.74. The molecule has 2 rings (SSSR count). The van der Waals surface area contributed by atoms with Crippen molar-refractivity contribution in [3.8, 4) is 0 Å². The molecule has 5 heteroatoms. The lowest BCUT2D eigenvalue weighted by Gasteiger charge is -2.07. The molecule has 0 unspecified atom stereocenters. The third-order valence-corrected chi connectivity index (χ3v) is 2.50. The SMILES string of the molecule is CC(C)NC(N)=NCCc1cn2ccccc2n1. The number of hydrogen-bond donors (Lipinski definition) is 2. The lowest BCUT2D eigenvalue weighted by molar-refractivity contribution is 0.723. The van der Waals surface area contributed by atoms with Gasteiger partial charge in [0.1, 0.15) is 5.65 Å². The monoisotopic (exact) mass is 245 g/mol. The number of imidazole rings is 1. The number of aliphatic imine (C=N–C) groups is 1. The summed E-state index contributed by atoms with van der Waals surface area (Å²) in [6, 6.07) is 6.26. The van der Waals surface area contributed by atoms with E-state index in [-0.39, 0.29) is 0 Å². The lowest BCUT2D eigenvalue weighted by atomic mass is 10.3. The molecule has 5 nitrogen and oxygen atoms in total. The van der Waals surface area contributed by atoms with Crippen molar-refractivity contribution in [2.45, 2.75) is 26.3 Å². The van der Waals surface area contributed by atoms with Crippen LogP contribution in [0.4, 0.5) is 0 Å². The summed E-state index contributed by atoms with van der Waals surface area (Å²) in [5.41, 5.74) is 7.72. The van der Waals surface area contributed by atoms with Crippen LogP contribution in [0.5, 0.6) is 0 Å². The zero-order chi connectivity index (χ0) is 13.0. The molecular formula is C13H19N5. The van der Waals surface area contributed by atoms with Gasteiger partial charge in [0.2, 0.25) is 0 Å². The molecule has 0 aliphatic rings. The van der Waals surface area contributed by atoms with Crippen LogP contribution in [0, 0.1) is 0 Å². The van der Waals surface area contributed by atoms with E-state index >= 15 is 0 Å². The summed E-state index contributed by atoms with van der Waals surface area (Å²) in [5.74, 6) is 0.494. The molecule has 0 saturated heterocycles. The van der Waals surface area contributed by atoms with Crippen LogP contribution in [-0.4, -0.2) is 27.9 Å². The van der Waals surface area contributed by atoms with Crippen molar-refractivity contribution in [3.05, 3.63) is 36.3 Å².